The van der Waals surface area contributed by atoms with Crippen molar-refractivity contribution in [3.8, 4) is 0 Å². The molecule has 114 valence electrons. The smallest absolute Gasteiger partial charge is 0.237 e. The molecule has 6 heteroatoms. The molecular weight excluding hydrogens is 286 g/mol. The van der Waals surface area contributed by atoms with Crippen molar-refractivity contribution in [2.24, 2.45) is 0 Å². The number of rotatable bonds is 5. The lowest BCUT2D eigenvalue weighted by atomic mass is 10.1. The molecule has 0 aromatic heterocycles. The van der Waals surface area contributed by atoms with Crippen LogP contribution in [0.4, 0.5) is 5.69 Å². The van der Waals surface area contributed by atoms with Crippen molar-refractivity contribution in [2.45, 2.75) is 23.5 Å². The molecule has 0 bridgehead atoms. The van der Waals surface area contributed by atoms with E-state index < -0.39 is 0 Å². The predicted molar refractivity (Wildman–Crippen MR) is 85.7 cm³/mol. The van der Waals surface area contributed by atoms with Crippen LogP contribution in [0.25, 0.3) is 0 Å². The van der Waals surface area contributed by atoms with E-state index in [0.29, 0.717) is 13.0 Å². The van der Waals surface area contributed by atoms with Crippen LogP contribution >= 0.6 is 11.8 Å². The first-order valence-electron chi connectivity index (χ1n) is 6.97. The summed E-state index contributed by atoms with van der Waals surface area (Å²) in [6.07, 6.45) is 0.330. The van der Waals surface area contributed by atoms with Crippen molar-refractivity contribution in [1.82, 2.24) is 10.2 Å². The zero-order chi connectivity index (χ0) is 15.4. The molecule has 21 heavy (non-hydrogen) atoms. The number of amides is 2. The molecule has 0 radical (unpaired) electrons. The van der Waals surface area contributed by atoms with Gasteiger partial charge in [-0.25, -0.2) is 0 Å². The molecule has 2 amide bonds. The summed E-state index contributed by atoms with van der Waals surface area (Å²) in [4.78, 5) is 26.6. The van der Waals surface area contributed by atoms with Crippen LogP contribution in [0, 0.1) is 0 Å². The number of thioether (sulfide) groups is 1. The maximum Gasteiger partial charge on any atom is 0.237 e. The molecule has 5 nitrogen and oxygen atoms in total. The molecule has 1 aliphatic heterocycles. The topological polar surface area (TPSA) is 61.4 Å². The normalized spacial score (nSPS) is 17.3. The third-order valence-corrected chi connectivity index (χ3v) is 4.40. The van der Waals surface area contributed by atoms with Crippen molar-refractivity contribution in [2.75, 3.05) is 32.5 Å². The molecule has 0 saturated carbocycles. The lowest BCUT2D eigenvalue weighted by Gasteiger charge is -2.21. The van der Waals surface area contributed by atoms with Crippen molar-refractivity contribution < 1.29 is 9.59 Å². The summed E-state index contributed by atoms with van der Waals surface area (Å²) in [5.74, 6) is 0.0139. The van der Waals surface area contributed by atoms with Gasteiger partial charge in [0.15, 0.2) is 0 Å². The largest absolute Gasteiger partial charge is 0.355 e. The summed E-state index contributed by atoms with van der Waals surface area (Å²) in [5.41, 5.74) is 1.72. The van der Waals surface area contributed by atoms with E-state index in [0.717, 1.165) is 22.7 Å². The van der Waals surface area contributed by atoms with Gasteiger partial charge in [0.2, 0.25) is 11.8 Å². The fourth-order valence-corrected chi connectivity index (χ4v) is 2.96. The number of benzene rings is 1. The Hall–Kier alpha value is -1.53. The van der Waals surface area contributed by atoms with Crippen LogP contribution in [-0.2, 0) is 16.0 Å². The van der Waals surface area contributed by atoms with E-state index in [1.165, 1.54) is 0 Å². The molecule has 1 aromatic rings. The van der Waals surface area contributed by atoms with Crippen LogP contribution < -0.4 is 10.6 Å². The first-order valence-corrected chi connectivity index (χ1v) is 7.85. The molecule has 0 saturated heterocycles. The Morgan fingerprint density at radius 1 is 1.43 bits per heavy atom. The van der Waals surface area contributed by atoms with Gasteiger partial charge < -0.3 is 15.5 Å². The molecule has 0 aliphatic carbocycles. The Bertz CT molecular complexity index is 546. The Morgan fingerprint density at radius 2 is 2.19 bits per heavy atom. The molecule has 0 spiro atoms. The van der Waals surface area contributed by atoms with Crippen molar-refractivity contribution in [3.63, 3.8) is 0 Å². The second-order valence-corrected chi connectivity index (χ2v) is 6.79. The van der Waals surface area contributed by atoms with Crippen LogP contribution in [0.3, 0.4) is 0 Å². The molecule has 1 aromatic carbocycles. The van der Waals surface area contributed by atoms with E-state index in [4.69, 9.17) is 0 Å². The van der Waals surface area contributed by atoms with Gasteiger partial charge in [0, 0.05) is 18.0 Å². The summed E-state index contributed by atoms with van der Waals surface area (Å²) >= 11 is 1.55. The fourth-order valence-electron chi connectivity index (χ4n) is 2.03. The van der Waals surface area contributed by atoms with Crippen LogP contribution in [0.5, 0.6) is 0 Å². The van der Waals surface area contributed by atoms with Crippen LogP contribution in [-0.4, -0.2) is 49.1 Å². The quantitative estimate of drug-likeness (QED) is 0.862. The summed E-state index contributed by atoms with van der Waals surface area (Å²) in [5, 5.41) is 5.70. The minimum absolute atomic E-state index is 0.0000397. The lowest BCUT2D eigenvalue weighted by Crippen LogP contribution is -2.32. The number of carbonyl (C=O) groups is 2. The molecule has 1 unspecified atom stereocenters. The molecule has 2 N–H and O–H groups in total. The highest BCUT2D eigenvalue weighted by Crippen LogP contribution is 2.35. The average Bonchev–Trinajstić information content (AvgIpc) is 2.40. The minimum atomic E-state index is -0.0716. The average molecular weight is 307 g/mol. The fraction of sp³-hybridized carbons (Fsp3) is 0.467. The van der Waals surface area contributed by atoms with E-state index in [1.807, 2.05) is 44.1 Å². The number of nitrogens with one attached hydrogen (secondary N) is 2. The van der Waals surface area contributed by atoms with E-state index in [-0.39, 0.29) is 17.1 Å². The minimum Gasteiger partial charge on any atom is -0.355 e. The number of anilines is 1. The zero-order valence-electron chi connectivity index (χ0n) is 12.6. The predicted octanol–water partition coefficient (Wildman–Crippen LogP) is 1.34. The number of likely N-dealkylation sites (N-methyl/N-ethyl adjacent to an activating group) is 1. The Labute approximate surface area is 129 Å². The van der Waals surface area contributed by atoms with Crippen LogP contribution in [0.2, 0.25) is 0 Å². The lowest BCUT2D eigenvalue weighted by molar-refractivity contribution is -0.120. The first kappa shape index (κ1) is 15.9. The van der Waals surface area contributed by atoms with Gasteiger partial charge >= 0.3 is 0 Å². The highest BCUT2D eigenvalue weighted by Gasteiger charge is 2.23. The zero-order valence-corrected chi connectivity index (χ0v) is 13.4. The van der Waals surface area contributed by atoms with Crippen molar-refractivity contribution in [3.05, 3.63) is 23.8 Å². The van der Waals surface area contributed by atoms with Gasteiger partial charge in [-0.05, 0) is 38.7 Å². The maximum atomic E-state index is 11.9. The van der Waals surface area contributed by atoms with Gasteiger partial charge in [-0.1, -0.05) is 6.07 Å². The van der Waals surface area contributed by atoms with E-state index in [2.05, 4.69) is 10.6 Å². The van der Waals surface area contributed by atoms with E-state index >= 15 is 0 Å². The van der Waals surface area contributed by atoms with Crippen LogP contribution in [0.15, 0.2) is 23.1 Å². The monoisotopic (exact) mass is 307 g/mol. The summed E-state index contributed by atoms with van der Waals surface area (Å²) in [7, 11) is 3.94. The highest BCUT2D eigenvalue weighted by molar-refractivity contribution is 8.00. The number of hydrogen-bond donors (Lipinski definition) is 2. The maximum absolute atomic E-state index is 11.9. The molecule has 1 heterocycles. The SMILES string of the molecule is CC1Sc2ccc(CC(=O)NCCN(C)C)cc2NC1=O. The number of fused-ring (bicyclic) bond motifs is 1. The van der Waals surface area contributed by atoms with Crippen molar-refractivity contribution in [1.29, 1.82) is 0 Å². The molecule has 0 fully saturated rings. The number of hydrogen-bond acceptors (Lipinski definition) is 4. The third kappa shape index (κ3) is 4.47. The van der Waals surface area contributed by atoms with E-state index in [9.17, 15) is 9.59 Å². The van der Waals surface area contributed by atoms with Gasteiger partial charge in [0.1, 0.15) is 0 Å². The number of nitrogens with zero attached hydrogens (tertiary/aromatic N) is 1. The highest BCUT2D eigenvalue weighted by atomic mass is 32.2. The van der Waals surface area contributed by atoms with Gasteiger partial charge in [0.05, 0.1) is 17.4 Å². The third-order valence-electron chi connectivity index (χ3n) is 3.22. The summed E-state index contributed by atoms with van der Waals surface area (Å²) < 4.78 is 0. The van der Waals surface area contributed by atoms with Crippen LogP contribution in [0.1, 0.15) is 12.5 Å². The van der Waals surface area contributed by atoms with Gasteiger partial charge in [-0.2, -0.15) is 0 Å². The van der Waals surface area contributed by atoms with Crippen molar-refractivity contribution >= 4 is 29.3 Å². The second kappa shape index (κ2) is 6.95. The Kier molecular flexibility index (Phi) is 5.25. The van der Waals surface area contributed by atoms with Gasteiger partial charge in [-0.3, -0.25) is 9.59 Å². The molecule has 2 rings (SSSR count). The Balaban J connectivity index is 1.94. The molecule has 1 aliphatic rings. The first-order chi connectivity index (χ1) is 9.95. The summed E-state index contributed by atoms with van der Waals surface area (Å²) in [6.45, 7) is 3.34. The standard InChI is InChI=1S/C15H21N3O2S/c1-10-15(20)17-12-8-11(4-5-13(12)21-10)9-14(19)16-6-7-18(2)3/h4-5,8,10H,6-7,9H2,1-3H3,(H,16,19)(H,17,20). The second-order valence-electron chi connectivity index (χ2n) is 5.41. The Morgan fingerprint density at radius 3 is 2.90 bits per heavy atom. The molecular formula is C15H21N3O2S. The molecule has 1 atom stereocenters. The van der Waals surface area contributed by atoms with Gasteiger partial charge in [0.25, 0.3) is 0 Å². The number of carbonyl (C=O) groups excluding carboxylic acids is 2. The van der Waals surface area contributed by atoms with E-state index in [1.54, 1.807) is 11.8 Å². The summed E-state index contributed by atoms with van der Waals surface area (Å²) in [6, 6.07) is 5.80. The van der Waals surface area contributed by atoms with Gasteiger partial charge in [-0.15, -0.1) is 11.8 Å².